The zero-order valence-electron chi connectivity index (χ0n) is 15.6. The van der Waals surface area contributed by atoms with E-state index < -0.39 is 17.8 Å². The van der Waals surface area contributed by atoms with Crippen LogP contribution in [-0.4, -0.2) is 14.5 Å². The van der Waals surface area contributed by atoms with E-state index in [1.54, 1.807) is 33.0 Å². The van der Waals surface area contributed by atoms with Gasteiger partial charge in [-0.05, 0) is 60.0 Å². The monoisotopic (exact) mass is 454 g/mol. The molecule has 0 amide bonds. The second kappa shape index (κ2) is 7.20. The van der Waals surface area contributed by atoms with Crippen LogP contribution in [0.1, 0.15) is 35.5 Å². The summed E-state index contributed by atoms with van der Waals surface area (Å²) in [6.45, 7) is 4.92. The fourth-order valence-corrected chi connectivity index (χ4v) is 3.72. The topological polar surface area (TPSA) is 59.8 Å². The fraction of sp³-hybridized carbons (Fsp3) is 0.316. The minimum Gasteiger partial charge on any atom is -0.363 e. The Kier molecular flexibility index (Phi) is 5.22. The van der Waals surface area contributed by atoms with Gasteiger partial charge in [0.15, 0.2) is 0 Å². The van der Waals surface area contributed by atoms with Crippen LogP contribution in [0.5, 0.6) is 0 Å². The summed E-state index contributed by atoms with van der Waals surface area (Å²) in [6, 6.07) is 5.29. The molecule has 0 bridgehead atoms. The molecule has 28 heavy (non-hydrogen) atoms. The third-order valence-electron chi connectivity index (χ3n) is 4.64. The van der Waals surface area contributed by atoms with Crippen molar-refractivity contribution in [3.63, 3.8) is 0 Å². The molecule has 0 aliphatic heterocycles. The quantitative estimate of drug-likeness (QED) is 0.611. The number of aromatic nitrogens is 3. The number of anilines is 1. The Bertz CT molecular complexity index is 1120. The normalized spacial score (nSPS) is 13.0. The first-order valence-electron chi connectivity index (χ1n) is 8.47. The van der Waals surface area contributed by atoms with Crippen LogP contribution in [0.15, 0.2) is 33.5 Å². The van der Waals surface area contributed by atoms with Gasteiger partial charge in [-0.2, -0.15) is 13.2 Å². The number of halogens is 4. The molecule has 5 nitrogen and oxygen atoms in total. The van der Waals surface area contributed by atoms with Gasteiger partial charge in [0.05, 0.1) is 21.5 Å². The highest BCUT2D eigenvalue weighted by Gasteiger charge is 2.33. The molecular weight excluding hydrogens is 437 g/mol. The number of pyridine rings is 1. The summed E-state index contributed by atoms with van der Waals surface area (Å²) >= 11 is 3.23. The van der Waals surface area contributed by atoms with Crippen LogP contribution in [0.25, 0.3) is 11.0 Å². The molecule has 1 N–H and O–H groups in total. The van der Waals surface area contributed by atoms with Crippen molar-refractivity contribution >= 4 is 32.8 Å². The van der Waals surface area contributed by atoms with E-state index in [9.17, 15) is 18.0 Å². The van der Waals surface area contributed by atoms with E-state index in [4.69, 9.17) is 0 Å². The lowest BCUT2D eigenvalue weighted by Gasteiger charge is -2.21. The van der Waals surface area contributed by atoms with Gasteiger partial charge in [0.25, 0.3) is 5.56 Å². The number of fused-ring (bicyclic) bond motifs is 1. The molecule has 0 aliphatic rings. The van der Waals surface area contributed by atoms with Gasteiger partial charge in [0.1, 0.15) is 17.3 Å². The molecule has 2 aromatic heterocycles. The molecule has 3 rings (SSSR count). The van der Waals surface area contributed by atoms with Crippen LogP contribution in [-0.2, 0) is 13.2 Å². The van der Waals surface area contributed by atoms with Crippen molar-refractivity contribution in [2.24, 2.45) is 7.05 Å². The number of aryl methyl sites for hydroxylation is 2. The summed E-state index contributed by atoms with van der Waals surface area (Å²) in [4.78, 5) is 20.9. The van der Waals surface area contributed by atoms with E-state index in [-0.39, 0.29) is 11.1 Å². The summed E-state index contributed by atoms with van der Waals surface area (Å²) in [5, 5.41) is 3.77. The first kappa shape index (κ1) is 20.3. The lowest BCUT2D eigenvalue weighted by molar-refractivity contribution is -0.138. The summed E-state index contributed by atoms with van der Waals surface area (Å²) in [7, 11) is 1.60. The first-order chi connectivity index (χ1) is 13.0. The summed E-state index contributed by atoms with van der Waals surface area (Å²) in [5.41, 5.74) is 0.226. The third-order valence-corrected chi connectivity index (χ3v) is 5.20. The van der Waals surface area contributed by atoms with Gasteiger partial charge in [-0.15, -0.1) is 0 Å². The van der Waals surface area contributed by atoms with Crippen LogP contribution in [0.3, 0.4) is 0 Å². The van der Waals surface area contributed by atoms with E-state index in [0.717, 1.165) is 6.07 Å². The molecule has 1 aromatic carbocycles. The Morgan fingerprint density at radius 2 is 1.89 bits per heavy atom. The van der Waals surface area contributed by atoms with Gasteiger partial charge in [-0.3, -0.25) is 9.36 Å². The molecule has 0 saturated heterocycles. The van der Waals surface area contributed by atoms with Crippen molar-refractivity contribution in [2.75, 3.05) is 5.32 Å². The number of nitrogens with one attached hydrogen (secondary N) is 1. The Balaban J connectivity index is 2.10. The standard InChI is InChI=1S/C19H18BrF3N4O/c1-9-12(6-5-7-14(9)19(21,22)23)10(2)24-16-13-8-15(20)18(28)27(4)17(13)26-11(3)25-16/h5-8,10H,1-4H3,(H,24,25,26)/t10-/m1/s1. The van der Waals surface area contributed by atoms with Gasteiger partial charge >= 0.3 is 6.18 Å². The van der Waals surface area contributed by atoms with Crippen LogP contribution in [0, 0.1) is 13.8 Å². The average Bonchev–Trinajstić information content (AvgIpc) is 2.60. The number of alkyl halides is 3. The molecule has 0 fully saturated rings. The Morgan fingerprint density at radius 1 is 1.21 bits per heavy atom. The van der Waals surface area contributed by atoms with Gasteiger partial charge in [-0.1, -0.05) is 12.1 Å². The highest BCUT2D eigenvalue weighted by molar-refractivity contribution is 9.10. The average molecular weight is 455 g/mol. The molecule has 0 unspecified atom stereocenters. The molecule has 1 atom stereocenters. The van der Waals surface area contributed by atoms with Crippen LogP contribution < -0.4 is 10.9 Å². The number of nitrogens with zero attached hydrogens (tertiary/aromatic N) is 3. The molecular formula is C19H18BrF3N4O. The van der Waals surface area contributed by atoms with E-state index >= 15 is 0 Å². The Labute approximate surface area is 167 Å². The molecule has 0 radical (unpaired) electrons. The molecule has 0 saturated carbocycles. The molecule has 3 aromatic rings. The van der Waals surface area contributed by atoms with Crippen LogP contribution in [0.4, 0.5) is 19.0 Å². The van der Waals surface area contributed by atoms with Crippen molar-refractivity contribution < 1.29 is 13.2 Å². The van der Waals surface area contributed by atoms with Crippen molar-refractivity contribution in [1.29, 1.82) is 0 Å². The molecule has 0 spiro atoms. The maximum absolute atomic E-state index is 13.2. The van der Waals surface area contributed by atoms with Crippen molar-refractivity contribution in [2.45, 2.75) is 33.0 Å². The molecule has 2 heterocycles. The predicted octanol–water partition coefficient (Wildman–Crippen LogP) is 4.90. The first-order valence-corrected chi connectivity index (χ1v) is 9.27. The minimum absolute atomic E-state index is 0.165. The summed E-state index contributed by atoms with van der Waals surface area (Å²) in [6.07, 6.45) is -4.42. The minimum atomic E-state index is -4.42. The van der Waals surface area contributed by atoms with Gasteiger partial charge < -0.3 is 5.32 Å². The fourth-order valence-electron chi connectivity index (χ4n) is 3.22. The highest BCUT2D eigenvalue weighted by Crippen LogP contribution is 2.35. The van der Waals surface area contributed by atoms with E-state index in [1.807, 2.05) is 0 Å². The smallest absolute Gasteiger partial charge is 0.363 e. The SMILES string of the molecule is Cc1nc(N[C@H](C)c2cccc(C(F)(F)F)c2C)c2cc(Br)c(=O)n(C)c2n1. The lowest BCUT2D eigenvalue weighted by Crippen LogP contribution is -2.20. The summed E-state index contributed by atoms with van der Waals surface area (Å²) in [5.74, 6) is 0.892. The largest absolute Gasteiger partial charge is 0.416 e. The third kappa shape index (κ3) is 3.63. The van der Waals surface area contributed by atoms with Gasteiger partial charge in [-0.25, -0.2) is 9.97 Å². The second-order valence-electron chi connectivity index (χ2n) is 6.60. The number of rotatable bonds is 3. The number of hydrogen-bond acceptors (Lipinski definition) is 4. The van der Waals surface area contributed by atoms with Gasteiger partial charge in [0, 0.05) is 7.05 Å². The zero-order chi connectivity index (χ0) is 20.8. The molecule has 9 heteroatoms. The second-order valence-corrected chi connectivity index (χ2v) is 7.45. The molecule has 148 valence electrons. The van der Waals surface area contributed by atoms with Crippen molar-refractivity contribution in [3.8, 4) is 0 Å². The van der Waals surface area contributed by atoms with E-state index in [2.05, 4.69) is 31.2 Å². The highest BCUT2D eigenvalue weighted by atomic mass is 79.9. The lowest BCUT2D eigenvalue weighted by atomic mass is 9.97. The van der Waals surface area contributed by atoms with Crippen LogP contribution in [0.2, 0.25) is 0 Å². The van der Waals surface area contributed by atoms with E-state index in [1.165, 1.54) is 17.6 Å². The number of benzene rings is 1. The maximum atomic E-state index is 13.2. The van der Waals surface area contributed by atoms with Crippen molar-refractivity contribution in [1.82, 2.24) is 14.5 Å². The van der Waals surface area contributed by atoms with Gasteiger partial charge in [0.2, 0.25) is 0 Å². The predicted molar refractivity (Wildman–Crippen MR) is 105 cm³/mol. The number of hydrogen-bond donors (Lipinski definition) is 1. The Hall–Kier alpha value is -2.42. The maximum Gasteiger partial charge on any atom is 0.416 e. The summed E-state index contributed by atoms with van der Waals surface area (Å²) < 4.78 is 41.4. The van der Waals surface area contributed by atoms with Crippen LogP contribution >= 0.6 is 15.9 Å². The zero-order valence-corrected chi connectivity index (χ0v) is 17.2. The van der Waals surface area contributed by atoms with Crippen molar-refractivity contribution in [3.05, 3.63) is 61.6 Å². The molecule has 0 aliphatic carbocycles. The van der Waals surface area contributed by atoms with E-state index in [0.29, 0.717) is 32.7 Å². The Morgan fingerprint density at radius 3 is 2.54 bits per heavy atom.